The van der Waals surface area contributed by atoms with Crippen LogP contribution in [0.1, 0.15) is 278 Å². The van der Waals surface area contributed by atoms with Crippen molar-refractivity contribution in [3.63, 3.8) is 0 Å². The van der Waals surface area contributed by atoms with E-state index in [-0.39, 0.29) is 31.1 Å². The van der Waals surface area contributed by atoms with Crippen LogP contribution in [-0.4, -0.2) is 37.2 Å². The molecule has 0 aromatic heterocycles. The molecule has 73 heavy (non-hydrogen) atoms. The Balaban J connectivity index is 4.11. The van der Waals surface area contributed by atoms with Crippen molar-refractivity contribution in [2.75, 3.05) is 13.2 Å². The van der Waals surface area contributed by atoms with Crippen LogP contribution in [0.2, 0.25) is 0 Å². The lowest BCUT2D eigenvalue weighted by Gasteiger charge is -2.18. The fourth-order valence-electron chi connectivity index (χ4n) is 8.26. The third kappa shape index (κ3) is 58.8. The van der Waals surface area contributed by atoms with E-state index in [1.165, 1.54) is 96.3 Å². The molecule has 0 aromatic carbocycles. The number of hydrogen-bond acceptors (Lipinski definition) is 6. The molecule has 0 radical (unpaired) electrons. The molecule has 6 heteroatoms. The predicted octanol–water partition coefficient (Wildman–Crippen LogP) is 20.7. The molecule has 0 fully saturated rings. The van der Waals surface area contributed by atoms with Gasteiger partial charge in [-0.05, 0) is 89.9 Å². The van der Waals surface area contributed by atoms with E-state index in [4.69, 9.17) is 14.2 Å². The molecule has 0 saturated carbocycles. The molecule has 0 bridgehead atoms. The molecule has 0 N–H and O–H groups in total. The zero-order valence-electron chi connectivity index (χ0n) is 47.6. The van der Waals surface area contributed by atoms with Gasteiger partial charge in [-0.2, -0.15) is 0 Å². The first-order valence-corrected chi connectivity index (χ1v) is 30.4. The summed E-state index contributed by atoms with van der Waals surface area (Å²) < 4.78 is 16.7. The summed E-state index contributed by atoms with van der Waals surface area (Å²) in [4.78, 5) is 37.8. The van der Waals surface area contributed by atoms with Crippen molar-refractivity contribution in [3.8, 4) is 0 Å². The highest BCUT2D eigenvalue weighted by atomic mass is 16.6. The van der Waals surface area contributed by atoms with Gasteiger partial charge in [0.05, 0.1) is 0 Å². The van der Waals surface area contributed by atoms with Crippen LogP contribution in [0.15, 0.2) is 109 Å². The van der Waals surface area contributed by atoms with Crippen molar-refractivity contribution in [1.82, 2.24) is 0 Å². The van der Waals surface area contributed by atoms with Crippen LogP contribution in [0, 0.1) is 0 Å². The average molecular weight is 1010 g/mol. The van der Waals surface area contributed by atoms with Crippen LogP contribution in [0.5, 0.6) is 0 Å². The van der Waals surface area contributed by atoms with Crippen LogP contribution in [-0.2, 0) is 28.6 Å². The van der Waals surface area contributed by atoms with Crippen LogP contribution in [0.4, 0.5) is 0 Å². The first kappa shape index (κ1) is 69.1. The standard InChI is InChI=1S/C67H112O6/c1-4-7-10-13-15-17-19-21-23-25-26-27-28-29-30-31-32-33-34-35-36-37-38-39-40-42-43-45-47-49-51-54-57-60-66(69)72-63-64(62-71-65(68)59-56-53-12-9-6-3)73-67(70)61-58-55-52-50-48-46-44-41-24-22-20-18-16-14-11-8-5-2/h7,10,15,17,21,23,26-27,29-30,32-33,35-36,38-39,42-43,64H,4-6,8-9,11-14,16,18-20,22,24-25,28,31,34,37,40-41,44-63H2,1-3H3/b10-7-,17-15-,23-21-,27-26-,30-29-,33-32-,36-35-,39-38-,43-42-. The normalized spacial score (nSPS) is 12.9. The van der Waals surface area contributed by atoms with Crippen LogP contribution in [0.25, 0.3) is 0 Å². The van der Waals surface area contributed by atoms with Gasteiger partial charge in [-0.15, -0.1) is 0 Å². The highest BCUT2D eigenvalue weighted by Gasteiger charge is 2.19. The summed E-state index contributed by atoms with van der Waals surface area (Å²) in [6, 6.07) is 0. The van der Waals surface area contributed by atoms with Gasteiger partial charge in [-0.25, -0.2) is 0 Å². The average Bonchev–Trinajstić information content (AvgIpc) is 3.39. The molecule has 0 spiro atoms. The summed E-state index contributed by atoms with van der Waals surface area (Å²) in [5, 5.41) is 0. The van der Waals surface area contributed by atoms with E-state index in [2.05, 4.69) is 130 Å². The molecule has 0 aliphatic carbocycles. The second-order valence-corrected chi connectivity index (χ2v) is 19.9. The van der Waals surface area contributed by atoms with Gasteiger partial charge in [-0.3, -0.25) is 14.4 Å². The van der Waals surface area contributed by atoms with Crippen molar-refractivity contribution in [2.45, 2.75) is 284 Å². The summed E-state index contributed by atoms with van der Waals surface area (Å²) in [5.74, 6) is -0.912. The maximum absolute atomic E-state index is 12.8. The Labute approximate surface area is 450 Å². The Hall–Kier alpha value is -3.93. The van der Waals surface area contributed by atoms with Crippen molar-refractivity contribution < 1.29 is 28.6 Å². The highest BCUT2D eigenvalue weighted by molar-refractivity contribution is 5.71. The van der Waals surface area contributed by atoms with Gasteiger partial charge in [0.2, 0.25) is 0 Å². The number of esters is 3. The second kappa shape index (κ2) is 60.6. The molecule has 0 heterocycles. The lowest BCUT2D eigenvalue weighted by Crippen LogP contribution is -2.30. The highest BCUT2D eigenvalue weighted by Crippen LogP contribution is 2.16. The largest absolute Gasteiger partial charge is 0.462 e. The molecule has 0 aliphatic heterocycles. The van der Waals surface area contributed by atoms with Crippen LogP contribution in [0.3, 0.4) is 0 Å². The van der Waals surface area contributed by atoms with Gasteiger partial charge >= 0.3 is 17.9 Å². The van der Waals surface area contributed by atoms with Crippen LogP contribution < -0.4 is 0 Å². The van der Waals surface area contributed by atoms with E-state index in [9.17, 15) is 14.4 Å². The first-order chi connectivity index (χ1) is 36.0. The minimum absolute atomic E-state index is 0.0831. The van der Waals surface area contributed by atoms with Gasteiger partial charge in [0.25, 0.3) is 0 Å². The molecule has 0 amide bonds. The summed E-state index contributed by atoms with van der Waals surface area (Å²) in [6.45, 7) is 6.44. The van der Waals surface area contributed by atoms with E-state index in [0.29, 0.717) is 19.3 Å². The third-order valence-electron chi connectivity index (χ3n) is 12.8. The minimum atomic E-state index is -0.781. The number of allylic oxidation sites excluding steroid dienone is 18. The number of unbranched alkanes of at least 4 members (excludes halogenated alkanes) is 25. The molecule has 1 unspecified atom stereocenters. The van der Waals surface area contributed by atoms with Gasteiger partial charge < -0.3 is 14.2 Å². The first-order valence-electron chi connectivity index (χ1n) is 30.4. The lowest BCUT2D eigenvalue weighted by molar-refractivity contribution is -0.167. The summed E-state index contributed by atoms with van der Waals surface area (Å²) in [5.41, 5.74) is 0. The summed E-state index contributed by atoms with van der Waals surface area (Å²) >= 11 is 0. The zero-order valence-corrected chi connectivity index (χ0v) is 47.6. The van der Waals surface area contributed by atoms with Gasteiger partial charge in [-0.1, -0.05) is 278 Å². The Kier molecular flexibility index (Phi) is 57.4. The van der Waals surface area contributed by atoms with Gasteiger partial charge in [0, 0.05) is 19.3 Å². The number of hydrogen-bond donors (Lipinski definition) is 0. The SMILES string of the molecule is CC/C=C\C/C=C\C/C=C\C/C=C\C/C=C\C/C=C\C/C=C\C/C=C\C/C=C\CCCCCCCC(=O)OCC(COC(=O)CCCCCCC)OC(=O)CCCCCCCCCCCCCCCCCCC. The van der Waals surface area contributed by atoms with E-state index < -0.39 is 6.10 Å². The zero-order chi connectivity index (χ0) is 52.9. The number of carbonyl (C=O) groups excluding carboxylic acids is 3. The number of rotatable bonds is 54. The van der Waals surface area contributed by atoms with E-state index in [1.54, 1.807) is 0 Å². The Morgan fingerprint density at radius 3 is 0.836 bits per heavy atom. The summed E-state index contributed by atoms with van der Waals surface area (Å²) in [6.07, 6.45) is 82.8. The second-order valence-electron chi connectivity index (χ2n) is 19.9. The molecular formula is C67H112O6. The maximum Gasteiger partial charge on any atom is 0.306 e. The smallest absolute Gasteiger partial charge is 0.306 e. The predicted molar refractivity (Wildman–Crippen MR) is 316 cm³/mol. The molecule has 416 valence electrons. The Bertz CT molecular complexity index is 1490. The quantitative estimate of drug-likeness (QED) is 0.0261. The van der Waals surface area contributed by atoms with Crippen molar-refractivity contribution in [2.24, 2.45) is 0 Å². The van der Waals surface area contributed by atoms with Gasteiger partial charge in [0.15, 0.2) is 6.10 Å². The van der Waals surface area contributed by atoms with E-state index >= 15 is 0 Å². The molecule has 0 aromatic rings. The molecule has 6 nitrogen and oxygen atoms in total. The van der Waals surface area contributed by atoms with Crippen LogP contribution >= 0.6 is 0 Å². The summed E-state index contributed by atoms with van der Waals surface area (Å²) in [7, 11) is 0. The van der Waals surface area contributed by atoms with Gasteiger partial charge in [0.1, 0.15) is 13.2 Å². The third-order valence-corrected chi connectivity index (χ3v) is 12.8. The Morgan fingerprint density at radius 1 is 0.288 bits per heavy atom. The number of carbonyl (C=O) groups is 3. The molecule has 1 atom stereocenters. The fraction of sp³-hybridized carbons (Fsp3) is 0.687. The van der Waals surface area contributed by atoms with E-state index in [0.717, 1.165) is 141 Å². The Morgan fingerprint density at radius 2 is 0.534 bits per heavy atom. The number of ether oxygens (including phenoxy) is 3. The molecule has 0 aliphatic rings. The minimum Gasteiger partial charge on any atom is -0.462 e. The topological polar surface area (TPSA) is 78.9 Å². The van der Waals surface area contributed by atoms with E-state index in [1.807, 2.05) is 0 Å². The monoisotopic (exact) mass is 1010 g/mol. The van der Waals surface area contributed by atoms with Crippen molar-refractivity contribution in [3.05, 3.63) is 109 Å². The molecular weight excluding hydrogens is 901 g/mol. The fourth-order valence-corrected chi connectivity index (χ4v) is 8.26. The molecule has 0 rings (SSSR count). The molecule has 0 saturated heterocycles. The lowest BCUT2D eigenvalue weighted by atomic mass is 10.0. The van der Waals surface area contributed by atoms with Crippen molar-refractivity contribution in [1.29, 1.82) is 0 Å². The maximum atomic E-state index is 12.8. The van der Waals surface area contributed by atoms with Crippen molar-refractivity contribution >= 4 is 17.9 Å².